The summed E-state index contributed by atoms with van der Waals surface area (Å²) in [6.07, 6.45) is 1.55. The third kappa shape index (κ3) is 3.20. The van der Waals surface area contributed by atoms with Crippen molar-refractivity contribution in [2.24, 2.45) is 5.92 Å². The molecule has 1 heterocycles. The van der Waals surface area contributed by atoms with Crippen molar-refractivity contribution in [2.75, 3.05) is 19.8 Å². The van der Waals surface area contributed by atoms with Crippen LogP contribution in [0.3, 0.4) is 0 Å². The molecule has 0 unspecified atom stereocenters. The molecule has 0 amide bonds. The molecule has 16 heavy (non-hydrogen) atoms. The highest BCUT2D eigenvalue weighted by atomic mass is 16.5. The normalized spacial score (nSPS) is 24.9. The summed E-state index contributed by atoms with van der Waals surface area (Å²) in [6, 6.07) is -0.548. The van der Waals surface area contributed by atoms with Gasteiger partial charge in [0.15, 0.2) is 0 Å². The van der Waals surface area contributed by atoms with Crippen LogP contribution in [0, 0.1) is 5.92 Å². The third-order valence-electron chi connectivity index (χ3n) is 2.59. The minimum Gasteiger partial charge on any atom is -0.466 e. The summed E-state index contributed by atoms with van der Waals surface area (Å²) in [5, 5.41) is 3.02. The molecule has 5 nitrogen and oxygen atoms in total. The molecule has 92 valence electrons. The first-order valence-corrected chi connectivity index (χ1v) is 5.77. The lowest BCUT2D eigenvalue weighted by atomic mass is 9.91. The van der Waals surface area contributed by atoms with E-state index in [4.69, 9.17) is 9.47 Å². The van der Waals surface area contributed by atoms with E-state index in [0.717, 1.165) is 13.0 Å². The van der Waals surface area contributed by atoms with E-state index in [1.807, 2.05) is 0 Å². The summed E-state index contributed by atoms with van der Waals surface area (Å²) in [6.45, 7) is 4.91. The molecule has 2 atom stereocenters. The molecule has 1 aliphatic rings. The largest absolute Gasteiger partial charge is 0.466 e. The third-order valence-corrected chi connectivity index (χ3v) is 2.59. The van der Waals surface area contributed by atoms with Crippen molar-refractivity contribution >= 4 is 11.9 Å². The molecular weight excluding hydrogens is 210 g/mol. The van der Waals surface area contributed by atoms with Gasteiger partial charge in [0.1, 0.15) is 6.04 Å². The fourth-order valence-electron chi connectivity index (χ4n) is 1.87. The van der Waals surface area contributed by atoms with Gasteiger partial charge in [0, 0.05) is 0 Å². The van der Waals surface area contributed by atoms with Gasteiger partial charge in [0.25, 0.3) is 0 Å². The monoisotopic (exact) mass is 229 g/mol. The standard InChI is InChI=1S/C11H19NO4/c1-3-15-10(13)8-6-5-7-12-9(8)11(14)16-4-2/h8-9,12H,3-7H2,1-2H3/t8-,9+/m1/s1. The Labute approximate surface area is 95.5 Å². The lowest BCUT2D eigenvalue weighted by Crippen LogP contribution is -2.50. The number of nitrogens with one attached hydrogen (secondary N) is 1. The second-order valence-corrected chi connectivity index (χ2v) is 3.68. The number of carbonyl (C=O) groups excluding carboxylic acids is 2. The van der Waals surface area contributed by atoms with Crippen LogP contribution in [0.2, 0.25) is 0 Å². The predicted octanol–water partition coefficient (Wildman–Crippen LogP) is 0.481. The van der Waals surface area contributed by atoms with Gasteiger partial charge in [-0.1, -0.05) is 0 Å². The second kappa shape index (κ2) is 6.48. The van der Waals surface area contributed by atoms with Crippen LogP contribution in [-0.2, 0) is 19.1 Å². The van der Waals surface area contributed by atoms with Crippen molar-refractivity contribution in [1.82, 2.24) is 5.32 Å². The van der Waals surface area contributed by atoms with Gasteiger partial charge in [-0.05, 0) is 33.2 Å². The Balaban J connectivity index is 2.63. The fourth-order valence-corrected chi connectivity index (χ4v) is 1.87. The smallest absolute Gasteiger partial charge is 0.324 e. The number of hydrogen-bond donors (Lipinski definition) is 1. The number of ether oxygens (including phenoxy) is 2. The molecule has 0 spiro atoms. The molecule has 0 bridgehead atoms. The summed E-state index contributed by atoms with van der Waals surface area (Å²) >= 11 is 0. The zero-order valence-corrected chi connectivity index (χ0v) is 9.82. The lowest BCUT2D eigenvalue weighted by Gasteiger charge is -2.29. The summed E-state index contributed by atoms with van der Waals surface area (Å²) in [7, 11) is 0. The van der Waals surface area contributed by atoms with E-state index in [9.17, 15) is 9.59 Å². The highest BCUT2D eigenvalue weighted by molar-refractivity contribution is 5.85. The summed E-state index contributed by atoms with van der Waals surface area (Å²) in [5.74, 6) is -1.08. The zero-order valence-electron chi connectivity index (χ0n) is 9.82. The number of rotatable bonds is 4. The molecule has 1 fully saturated rings. The van der Waals surface area contributed by atoms with Crippen LogP contribution < -0.4 is 5.32 Å². The van der Waals surface area contributed by atoms with E-state index in [1.165, 1.54) is 0 Å². The first-order chi connectivity index (χ1) is 7.70. The van der Waals surface area contributed by atoms with Gasteiger partial charge in [-0.15, -0.1) is 0 Å². The maximum absolute atomic E-state index is 11.6. The zero-order chi connectivity index (χ0) is 12.0. The highest BCUT2D eigenvalue weighted by Crippen LogP contribution is 2.19. The van der Waals surface area contributed by atoms with Gasteiger partial charge in [-0.3, -0.25) is 9.59 Å². The van der Waals surface area contributed by atoms with Crippen molar-refractivity contribution in [3.05, 3.63) is 0 Å². The molecule has 0 aromatic heterocycles. The van der Waals surface area contributed by atoms with Crippen LogP contribution in [-0.4, -0.2) is 37.7 Å². The Morgan fingerprint density at radius 3 is 2.44 bits per heavy atom. The molecule has 0 aromatic rings. The van der Waals surface area contributed by atoms with Gasteiger partial charge in [-0.25, -0.2) is 0 Å². The number of hydrogen-bond acceptors (Lipinski definition) is 5. The van der Waals surface area contributed by atoms with Gasteiger partial charge in [0.05, 0.1) is 19.1 Å². The molecule has 0 saturated carbocycles. The van der Waals surface area contributed by atoms with E-state index < -0.39 is 12.0 Å². The second-order valence-electron chi connectivity index (χ2n) is 3.68. The predicted molar refractivity (Wildman–Crippen MR) is 57.8 cm³/mol. The van der Waals surface area contributed by atoms with Crippen molar-refractivity contribution in [3.8, 4) is 0 Å². The van der Waals surface area contributed by atoms with E-state index in [-0.39, 0.29) is 11.9 Å². The number of piperidine rings is 1. The molecule has 1 aliphatic heterocycles. The molecule has 0 radical (unpaired) electrons. The number of esters is 2. The van der Waals surface area contributed by atoms with Crippen LogP contribution >= 0.6 is 0 Å². The topological polar surface area (TPSA) is 64.6 Å². The molecule has 1 saturated heterocycles. The minimum atomic E-state index is -0.548. The van der Waals surface area contributed by atoms with Crippen molar-refractivity contribution in [1.29, 1.82) is 0 Å². The average molecular weight is 229 g/mol. The Kier molecular flexibility index (Phi) is 5.25. The summed E-state index contributed by atoms with van der Waals surface area (Å²) in [5.41, 5.74) is 0. The van der Waals surface area contributed by atoms with E-state index >= 15 is 0 Å². The van der Waals surface area contributed by atoms with Crippen LogP contribution in [0.25, 0.3) is 0 Å². The van der Waals surface area contributed by atoms with Crippen LogP contribution in [0.5, 0.6) is 0 Å². The van der Waals surface area contributed by atoms with Crippen molar-refractivity contribution in [3.63, 3.8) is 0 Å². The molecule has 1 N–H and O–H groups in total. The maximum Gasteiger partial charge on any atom is 0.324 e. The first kappa shape index (κ1) is 13.0. The van der Waals surface area contributed by atoms with Crippen molar-refractivity contribution < 1.29 is 19.1 Å². The molecule has 0 aliphatic carbocycles. The van der Waals surface area contributed by atoms with Crippen LogP contribution in [0.1, 0.15) is 26.7 Å². The van der Waals surface area contributed by atoms with Gasteiger partial charge in [-0.2, -0.15) is 0 Å². The number of carbonyl (C=O) groups is 2. The highest BCUT2D eigenvalue weighted by Gasteiger charge is 2.37. The van der Waals surface area contributed by atoms with Crippen LogP contribution in [0.4, 0.5) is 0 Å². The molecule has 5 heteroatoms. The Morgan fingerprint density at radius 2 is 1.81 bits per heavy atom. The quantitative estimate of drug-likeness (QED) is 0.710. The summed E-state index contributed by atoms with van der Waals surface area (Å²) in [4.78, 5) is 23.3. The van der Waals surface area contributed by atoms with Gasteiger partial charge in [0.2, 0.25) is 0 Å². The first-order valence-electron chi connectivity index (χ1n) is 5.77. The van der Waals surface area contributed by atoms with E-state index in [1.54, 1.807) is 13.8 Å². The van der Waals surface area contributed by atoms with Crippen LogP contribution in [0.15, 0.2) is 0 Å². The van der Waals surface area contributed by atoms with Gasteiger partial charge < -0.3 is 14.8 Å². The van der Waals surface area contributed by atoms with Crippen molar-refractivity contribution in [2.45, 2.75) is 32.7 Å². The lowest BCUT2D eigenvalue weighted by molar-refractivity contribution is -0.158. The van der Waals surface area contributed by atoms with E-state index in [2.05, 4.69) is 5.32 Å². The minimum absolute atomic E-state index is 0.312. The van der Waals surface area contributed by atoms with E-state index in [0.29, 0.717) is 19.6 Å². The fraction of sp³-hybridized carbons (Fsp3) is 0.818. The SMILES string of the molecule is CCOC(=O)[C@H]1NCCC[C@H]1C(=O)OCC. The Morgan fingerprint density at radius 1 is 1.19 bits per heavy atom. The molecule has 1 rings (SSSR count). The molecule has 0 aromatic carbocycles. The summed E-state index contributed by atoms with van der Waals surface area (Å²) < 4.78 is 9.88. The Hall–Kier alpha value is -1.10. The Bertz CT molecular complexity index is 228. The maximum atomic E-state index is 11.6. The van der Waals surface area contributed by atoms with Gasteiger partial charge >= 0.3 is 11.9 Å². The average Bonchev–Trinajstić information content (AvgIpc) is 2.30. The molecular formula is C11H19NO4.